The van der Waals surface area contributed by atoms with Crippen LogP contribution in [0.2, 0.25) is 0 Å². The molecule has 1 aromatic carbocycles. The lowest BCUT2D eigenvalue weighted by atomic mass is 10.2. The molecule has 3 aromatic rings. The van der Waals surface area contributed by atoms with Crippen LogP contribution in [0.25, 0.3) is 5.69 Å². The van der Waals surface area contributed by atoms with Crippen LogP contribution >= 0.6 is 0 Å². The van der Waals surface area contributed by atoms with Crippen LogP contribution in [0.3, 0.4) is 0 Å². The molecule has 0 spiro atoms. The zero-order valence-electron chi connectivity index (χ0n) is 19.9. The molecule has 0 aliphatic heterocycles. The largest absolute Gasteiger partial charge is 0.573 e. The fourth-order valence-electron chi connectivity index (χ4n) is 3.58. The number of benzene rings is 1. The molecule has 0 aliphatic carbocycles. The molecule has 200 valence electrons. The van der Waals surface area contributed by atoms with Crippen molar-refractivity contribution in [3.05, 3.63) is 48.5 Å². The summed E-state index contributed by atoms with van der Waals surface area (Å²) in [6.45, 7) is 7.92. The summed E-state index contributed by atoms with van der Waals surface area (Å²) in [7, 11) is 0. The number of nitrogens with one attached hydrogen (secondary N) is 1. The number of carbonyl (C=O) groups excluding carboxylic acids is 1. The fraction of sp³-hybridized carbons (Fsp3) is 0.364. The van der Waals surface area contributed by atoms with Gasteiger partial charge in [-0.3, -0.25) is 5.32 Å². The number of amides is 1. The van der Waals surface area contributed by atoms with Crippen LogP contribution < -0.4 is 19.7 Å². The van der Waals surface area contributed by atoms with Crippen molar-refractivity contribution in [3.63, 3.8) is 0 Å². The molecule has 37 heavy (non-hydrogen) atoms. The number of carbonyl (C=O) groups is 1. The molecule has 0 aliphatic rings. The van der Waals surface area contributed by atoms with Gasteiger partial charge in [-0.15, -0.1) is 13.2 Å². The molecule has 0 bridgehead atoms. The Morgan fingerprint density at radius 2 is 1.51 bits per heavy atom. The summed E-state index contributed by atoms with van der Waals surface area (Å²) < 4.78 is 87.2. The van der Waals surface area contributed by atoms with Crippen molar-refractivity contribution < 1.29 is 40.6 Å². The monoisotopic (exact) mass is 532 g/mol. The van der Waals surface area contributed by atoms with Gasteiger partial charge in [-0.1, -0.05) is 0 Å². The molecule has 0 fully saturated rings. The third kappa shape index (κ3) is 7.01. The molecule has 0 unspecified atom stereocenters. The average Bonchev–Trinajstić information content (AvgIpc) is 3.18. The van der Waals surface area contributed by atoms with Crippen LogP contribution in [0.15, 0.2) is 42.9 Å². The van der Waals surface area contributed by atoms with Crippen LogP contribution in [0.4, 0.5) is 42.8 Å². The number of anilines is 2. The summed E-state index contributed by atoms with van der Waals surface area (Å²) in [6.07, 6.45) is -7.76. The third-order valence-corrected chi connectivity index (χ3v) is 4.78. The van der Waals surface area contributed by atoms with Crippen LogP contribution in [0.1, 0.15) is 33.4 Å². The molecule has 2 heterocycles. The van der Waals surface area contributed by atoms with E-state index in [1.165, 1.54) is 12.4 Å². The van der Waals surface area contributed by atoms with E-state index in [2.05, 4.69) is 25.1 Å². The summed E-state index contributed by atoms with van der Waals surface area (Å²) in [5, 5.41) is 5.72. The Bertz CT molecular complexity index is 1200. The maximum atomic E-state index is 13.8. The average molecular weight is 532 g/mol. The van der Waals surface area contributed by atoms with Crippen molar-refractivity contribution in [2.75, 3.05) is 10.2 Å². The van der Waals surface area contributed by atoms with Crippen LogP contribution in [-0.2, 0) is 6.18 Å². The van der Waals surface area contributed by atoms with Crippen LogP contribution in [0.5, 0.6) is 11.5 Å². The van der Waals surface area contributed by atoms with Gasteiger partial charge < -0.3 is 14.4 Å². The molecule has 2 aromatic heterocycles. The molecule has 1 amide bonds. The van der Waals surface area contributed by atoms with E-state index >= 15 is 0 Å². The maximum absolute atomic E-state index is 13.8. The van der Waals surface area contributed by atoms with Gasteiger partial charge in [-0.25, -0.2) is 19.4 Å². The minimum atomic E-state index is -5.04. The minimum Gasteiger partial charge on any atom is -0.406 e. The van der Waals surface area contributed by atoms with Gasteiger partial charge in [-0.2, -0.15) is 18.3 Å². The van der Waals surface area contributed by atoms with E-state index in [0.717, 1.165) is 24.3 Å². The molecular weight excluding hydrogens is 510 g/mol. The molecule has 1 N–H and O–H groups in total. The van der Waals surface area contributed by atoms with Gasteiger partial charge in [0.15, 0.2) is 11.4 Å². The number of alkyl halides is 6. The van der Waals surface area contributed by atoms with E-state index in [0.29, 0.717) is 16.6 Å². The first-order valence-corrected chi connectivity index (χ1v) is 10.8. The molecule has 0 radical (unpaired) electrons. The Morgan fingerprint density at radius 3 is 2.00 bits per heavy atom. The van der Waals surface area contributed by atoms with Gasteiger partial charge in [0.2, 0.25) is 5.95 Å². The van der Waals surface area contributed by atoms with E-state index in [1.54, 1.807) is 0 Å². The first kappa shape index (κ1) is 27.5. The number of halogens is 6. The number of nitrogens with zero attached hydrogens (tertiary/aromatic N) is 5. The molecule has 0 saturated heterocycles. The normalized spacial score (nSPS) is 12.1. The van der Waals surface area contributed by atoms with Crippen molar-refractivity contribution in [1.82, 2.24) is 19.7 Å². The molecule has 9 nitrogen and oxygen atoms in total. The fourth-order valence-corrected chi connectivity index (χ4v) is 3.58. The smallest absolute Gasteiger partial charge is 0.406 e. The van der Waals surface area contributed by atoms with Crippen molar-refractivity contribution in [3.8, 4) is 17.2 Å². The van der Waals surface area contributed by atoms with E-state index in [1.807, 2.05) is 32.6 Å². The van der Waals surface area contributed by atoms with Gasteiger partial charge >= 0.3 is 18.6 Å². The quantitative estimate of drug-likeness (QED) is 0.384. The Kier molecular flexibility index (Phi) is 7.83. The highest BCUT2D eigenvalue weighted by Crippen LogP contribution is 2.38. The van der Waals surface area contributed by atoms with Crippen molar-refractivity contribution in [2.24, 2.45) is 0 Å². The summed E-state index contributed by atoms with van der Waals surface area (Å²) >= 11 is 0. The number of rotatable bonds is 7. The Labute approximate surface area is 207 Å². The molecule has 3 rings (SSSR count). The molecule has 0 saturated carbocycles. The van der Waals surface area contributed by atoms with Crippen LogP contribution in [0, 0.1) is 0 Å². The summed E-state index contributed by atoms with van der Waals surface area (Å²) in [5.74, 6) is -1.78. The first-order chi connectivity index (χ1) is 17.2. The molecule has 0 atom stereocenters. The van der Waals surface area contributed by atoms with E-state index in [9.17, 15) is 31.1 Å². The van der Waals surface area contributed by atoms with Crippen molar-refractivity contribution in [2.45, 2.75) is 52.3 Å². The lowest BCUT2D eigenvalue weighted by molar-refractivity contribution is -0.274. The third-order valence-electron chi connectivity index (χ3n) is 4.78. The van der Waals surface area contributed by atoms with Crippen molar-refractivity contribution >= 4 is 17.7 Å². The van der Waals surface area contributed by atoms with E-state index in [4.69, 9.17) is 4.74 Å². The van der Waals surface area contributed by atoms with Crippen molar-refractivity contribution in [1.29, 1.82) is 0 Å². The number of aromatic nitrogens is 4. The van der Waals surface area contributed by atoms with Gasteiger partial charge in [0.05, 0.1) is 30.0 Å². The highest BCUT2D eigenvalue weighted by molar-refractivity contribution is 5.84. The zero-order chi connectivity index (χ0) is 27.5. The van der Waals surface area contributed by atoms with Crippen LogP contribution in [-0.4, -0.2) is 44.3 Å². The second-order valence-electron chi connectivity index (χ2n) is 8.18. The van der Waals surface area contributed by atoms with Gasteiger partial charge in [0.25, 0.3) is 0 Å². The lowest BCUT2D eigenvalue weighted by Gasteiger charge is -2.32. The van der Waals surface area contributed by atoms with Gasteiger partial charge in [-0.05, 0) is 52.0 Å². The summed E-state index contributed by atoms with van der Waals surface area (Å²) in [4.78, 5) is 22.3. The lowest BCUT2D eigenvalue weighted by Crippen LogP contribution is -2.37. The van der Waals surface area contributed by atoms with Gasteiger partial charge in [0.1, 0.15) is 5.75 Å². The zero-order valence-corrected chi connectivity index (χ0v) is 19.9. The SMILES string of the molecule is CC(C)N(c1cnc(NC(=O)Oc2cnn(-c3ccc(OC(F)(F)F)cc3)c2C(F)(F)F)nc1)C(C)C. The van der Waals surface area contributed by atoms with Gasteiger partial charge in [0, 0.05) is 12.1 Å². The predicted molar refractivity (Wildman–Crippen MR) is 120 cm³/mol. The second kappa shape index (κ2) is 10.5. The number of hydrogen-bond acceptors (Lipinski definition) is 7. The number of ether oxygens (including phenoxy) is 2. The highest BCUT2D eigenvalue weighted by Gasteiger charge is 2.40. The second-order valence-corrected chi connectivity index (χ2v) is 8.18. The molecular formula is C22H22F6N6O3. The first-order valence-electron chi connectivity index (χ1n) is 10.8. The maximum Gasteiger partial charge on any atom is 0.573 e. The Morgan fingerprint density at radius 1 is 0.946 bits per heavy atom. The topological polar surface area (TPSA) is 94.4 Å². The summed E-state index contributed by atoms with van der Waals surface area (Å²) in [5.41, 5.74) is -1.04. The highest BCUT2D eigenvalue weighted by atomic mass is 19.4. The Hall–Kier alpha value is -4.04. The Balaban J connectivity index is 1.78. The minimum absolute atomic E-state index is 0.137. The predicted octanol–water partition coefficient (Wildman–Crippen LogP) is 5.81. The number of hydrogen-bond donors (Lipinski definition) is 1. The summed E-state index contributed by atoms with van der Waals surface area (Å²) in [6, 6.07) is 3.77. The van der Waals surface area contributed by atoms with E-state index < -0.39 is 35.8 Å². The standard InChI is InChI=1S/C22H22F6N6O3/c1-12(2)33(13(3)4)15-9-29-19(30-10-15)32-20(35)36-17-11-31-34(18(17)21(23,24)25)14-5-7-16(8-6-14)37-22(26,27)28/h5-13H,1-4H3,(H,29,30,32,35). The van der Waals surface area contributed by atoms with E-state index in [-0.39, 0.29) is 23.7 Å². The molecule has 15 heteroatoms.